The highest BCUT2D eigenvalue weighted by molar-refractivity contribution is 6.09. The average molecular weight is 683 g/mol. The highest BCUT2D eigenvalue weighted by atomic mass is 19.1. The molecule has 4 amide bonds. The molecule has 4 aliphatic rings. The van der Waals surface area contributed by atoms with Crippen LogP contribution in [0.3, 0.4) is 0 Å². The first-order chi connectivity index (χ1) is 23.9. The Morgan fingerprint density at radius 1 is 0.940 bits per heavy atom. The molecule has 262 valence electrons. The standard InChI is InChI=1S/C39H43FN4O6/c1-25-36(38(2,3)40)32(22-35(48)41(19-20-45)23-26-7-5-4-6-8-26)50-39(25)30-21-29(43-18-16-34(43)47)13-14-31(30)44(37(39)49)24-27-9-11-28(12-10-27)42-17-15-33(42)46/h4-14,21,25,32,36,45H,15-20,22-24H2,1-3H3/t25-,32+,36-,39+/m0/s1. The zero-order valence-electron chi connectivity index (χ0n) is 28.7. The number of anilines is 3. The van der Waals surface area contributed by atoms with Crippen LogP contribution in [0.5, 0.6) is 0 Å². The normalized spacial score (nSPS) is 24.5. The molecule has 3 aromatic rings. The third-order valence-corrected chi connectivity index (χ3v) is 10.9. The van der Waals surface area contributed by atoms with E-state index in [4.69, 9.17) is 4.74 Å². The van der Waals surface area contributed by atoms with Crippen molar-refractivity contribution in [3.63, 3.8) is 0 Å². The second-order valence-electron chi connectivity index (χ2n) is 14.3. The van der Waals surface area contributed by atoms with Gasteiger partial charge >= 0.3 is 0 Å². The molecule has 0 aromatic heterocycles. The first-order valence-electron chi connectivity index (χ1n) is 17.4. The van der Waals surface area contributed by atoms with Crippen LogP contribution in [0.4, 0.5) is 21.5 Å². The predicted octanol–water partition coefficient (Wildman–Crippen LogP) is 4.71. The number of hydrogen-bond donors (Lipinski definition) is 1. The van der Waals surface area contributed by atoms with Gasteiger partial charge in [0.05, 0.1) is 31.4 Å². The lowest BCUT2D eigenvalue weighted by Gasteiger charge is -2.34. The summed E-state index contributed by atoms with van der Waals surface area (Å²) in [5.74, 6) is -2.12. The van der Waals surface area contributed by atoms with Crippen molar-refractivity contribution < 1.29 is 33.4 Å². The number of ether oxygens (including phenoxy) is 1. The highest BCUT2D eigenvalue weighted by Gasteiger charge is 2.66. The van der Waals surface area contributed by atoms with Gasteiger partial charge in [-0.3, -0.25) is 19.2 Å². The fourth-order valence-corrected chi connectivity index (χ4v) is 8.22. The van der Waals surface area contributed by atoms with Crippen molar-refractivity contribution in [2.24, 2.45) is 11.8 Å². The van der Waals surface area contributed by atoms with E-state index in [1.165, 1.54) is 13.8 Å². The Morgan fingerprint density at radius 3 is 2.16 bits per heavy atom. The quantitative estimate of drug-likeness (QED) is 0.294. The number of hydrogen-bond acceptors (Lipinski definition) is 6. The molecule has 3 saturated heterocycles. The second kappa shape index (κ2) is 12.9. The fraction of sp³-hybridized carbons (Fsp3) is 0.436. The Bertz CT molecular complexity index is 1810. The molecule has 3 fully saturated rings. The van der Waals surface area contributed by atoms with Gasteiger partial charge in [-0.15, -0.1) is 0 Å². The van der Waals surface area contributed by atoms with E-state index >= 15 is 4.39 Å². The number of rotatable bonds is 11. The molecule has 3 aromatic carbocycles. The van der Waals surface area contributed by atoms with E-state index in [0.29, 0.717) is 42.9 Å². The molecule has 50 heavy (non-hydrogen) atoms. The first-order valence-corrected chi connectivity index (χ1v) is 17.4. The molecule has 0 unspecified atom stereocenters. The van der Waals surface area contributed by atoms with Gasteiger partial charge in [0.25, 0.3) is 5.91 Å². The van der Waals surface area contributed by atoms with E-state index in [2.05, 4.69) is 0 Å². The Labute approximate surface area is 291 Å². The van der Waals surface area contributed by atoms with Gasteiger partial charge in [0.2, 0.25) is 17.7 Å². The van der Waals surface area contributed by atoms with Crippen molar-refractivity contribution in [2.75, 3.05) is 40.9 Å². The maximum absolute atomic E-state index is 16.4. The van der Waals surface area contributed by atoms with Gasteiger partial charge in [0, 0.05) is 67.8 Å². The SMILES string of the molecule is C[C@H]1[C@H](C(C)(C)F)[C@@H](CC(=O)N(CCO)Cc2ccccc2)O[C@]12C(=O)N(Cc1ccc(N3CCC3=O)cc1)c1ccc(N3CCC3=O)cc12. The lowest BCUT2D eigenvalue weighted by Crippen LogP contribution is -2.46. The van der Waals surface area contributed by atoms with Crippen molar-refractivity contribution >= 4 is 40.7 Å². The molecule has 7 rings (SSSR count). The van der Waals surface area contributed by atoms with Crippen LogP contribution >= 0.6 is 0 Å². The van der Waals surface area contributed by atoms with Crippen LogP contribution in [-0.4, -0.2) is 71.6 Å². The van der Waals surface area contributed by atoms with Crippen LogP contribution in [-0.2, 0) is 42.6 Å². The third-order valence-electron chi connectivity index (χ3n) is 10.9. The Hall–Kier alpha value is -4.61. The molecular formula is C39H43FN4O6. The minimum atomic E-state index is -1.82. The Morgan fingerprint density at radius 2 is 1.58 bits per heavy atom. The van der Waals surface area contributed by atoms with Crippen molar-refractivity contribution in [1.82, 2.24) is 4.90 Å². The molecule has 4 atom stereocenters. The smallest absolute Gasteiger partial charge is 0.264 e. The number of halogens is 1. The molecule has 1 spiro atoms. The van der Waals surface area contributed by atoms with Crippen LogP contribution in [0.25, 0.3) is 0 Å². The first kappa shape index (κ1) is 33.9. The summed E-state index contributed by atoms with van der Waals surface area (Å²) in [6.07, 6.45) is -0.161. The molecule has 11 heteroatoms. The zero-order valence-corrected chi connectivity index (χ0v) is 28.7. The number of aliphatic hydroxyl groups is 1. The number of amides is 4. The van der Waals surface area contributed by atoms with E-state index in [1.807, 2.05) is 79.7 Å². The summed E-state index contributed by atoms with van der Waals surface area (Å²) in [6.45, 7) is 6.30. The Balaban J connectivity index is 1.24. The summed E-state index contributed by atoms with van der Waals surface area (Å²) in [7, 11) is 0. The molecular weight excluding hydrogens is 639 g/mol. The lowest BCUT2D eigenvalue weighted by molar-refractivity contribution is -0.150. The molecule has 4 aliphatic heterocycles. The number of benzene rings is 3. The van der Waals surface area contributed by atoms with Crippen LogP contribution < -0.4 is 14.7 Å². The number of aliphatic hydroxyl groups excluding tert-OH is 1. The summed E-state index contributed by atoms with van der Waals surface area (Å²) in [5.41, 5.74) is 0.893. The fourth-order valence-electron chi connectivity index (χ4n) is 8.22. The maximum Gasteiger partial charge on any atom is 0.264 e. The van der Waals surface area contributed by atoms with Gasteiger partial charge in [-0.25, -0.2) is 4.39 Å². The van der Waals surface area contributed by atoms with Crippen molar-refractivity contribution in [3.05, 3.63) is 89.5 Å². The summed E-state index contributed by atoms with van der Waals surface area (Å²) in [5, 5.41) is 9.81. The van der Waals surface area contributed by atoms with Gasteiger partial charge in [0.1, 0.15) is 5.67 Å². The molecule has 10 nitrogen and oxygen atoms in total. The van der Waals surface area contributed by atoms with E-state index in [1.54, 1.807) is 19.6 Å². The van der Waals surface area contributed by atoms with Crippen molar-refractivity contribution in [2.45, 2.75) is 70.5 Å². The number of nitrogens with zero attached hydrogens (tertiary/aromatic N) is 4. The molecule has 0 radical (unpaired) electrons. The lowest BCUT2D eigenvalue weighted by atomic mass is 9.71. The topological polar surface area (TPSA) is 111 Å². The van der Waals surface area contributed by atoms with Gasteiger partial charge in [-0.1, -0.05) is 49.4 Å². The molecule has 1 N–H and O–H groups in total. The van der Waals surface area contributed by atoms with Gasteiger partial charge in [0.15, 0.2) is 5.60 Å². The Kier molecular flexibility index (Phi) is 8.76. The molecule has 0 saturated carbocycles. The number of carbonyl (C=O) groups excluding carboxylic acids is 4. The number of β-lactam (4-membered cyclic amide) rings is 2. The van der Waals surface area contributed by atoms with E-state index in [9.17, 15) is 24.3 Å². The zero-order chi connectivity index (χ0) is 35.4. The van der Waals surface area contributed by atoms with Gasteiger partial charge < -0.3 is 29.4 Å². The van der Waals surface area contributed by atoms with Gasteiger partial charge in [-0.05, 0) is 55.3 Å². The maximum atomic E-state index is 16.4. The molecule has 0 bridgehead atoms. The summed E-state index contributed by atoms with van der Waals surface area (Å²) in [6, 6.07) is 22.4. The summed E-state index contributed by atoms with van der Waals surface area (Å²) in [4.78, 5) is 59.8. The second-order valence-corrected chi connectivity index (χ2v) is 14.3. The van der Waals surface area contributed by atoms with Crippen LogP contribution in [0.1, 0.15) is 56.7 Å². The largest absolute Gasteiger partial charge is 0.395 e. The van der Waals surface area contributed by atoms with Crippen LogP contribution in [0.2, 0.25) is 0 Å². The van der Waals surface area contributed by atoms with Crippen molar-refractivity contribution in [3.8, 4) is 0 Å². The monoisotopic (exact) mass is 682 g/mol. The molecule has 4 heterocycles. The summed E-state index contributed by atoms with van der Waals surface area (Å²) < 4.78 is 23.2. The highest BCUT2D eigenvalue weighted by Crippen LogP contribution is 2.59. The van der Waals surface area contributed by atoms with Crippen LogP contribution in [0, 0.1) is 11.8 Å². The van der Waals surface area contributed by atoms with E-state index in [0.717, 1.165) is 16.8 Å². The van der Waals surface area contributed by atoms with E-state index < -0.39 is 29.2 Å². The number of carbonyl (C=O) groups is 4. The van der Waals surface area contributed by atoms with Gasteiger partial charge in [-0.2, -0.15) is 0 Å². The minimum absolute atomic E-state index is 0.0185. The minimum Gasteiger partial charge on any atom is -0.395 e. The van der Waals surface area contributed by atoms with Crippen molar-refractivity contribution in [1.29, 1.82) is 0 Å². The third kappa shape index (κ3) is 5.76. The molecule has 0 aliphatic carbocycles. The summed E-state index contributed by atoms with van der Waals surface area (Å²) >= 11 is 0. The predicted molar refractivity (Wildman–Crippen MR) is 186 cm³/mol. The number of alkyl halides is 1. The average Bonchev–Trinajstić information content (AvgIpc) is 3.50. The van der Waals surface area contributed by atoms with E-state index in [-0.39, 0.29) is 56.3 Å². The number of fused-ring (bicyclic) bond motifs is 2. The van der Waals surface area contributed by atoms with Crippen LogP contribution in [0.15, 0.2) is 72.8 Å².